The Labute approximate surface area is 82.1 Å². The Morgan fingerprint density at radius 2 is 1.30 bits per heavy atom. The molecule has 0 aliphatic rings. The molecule has 0 rings (SSSR count). The van der Waals surface area contributed by atoms with E-state index in [0.717, 1.165) is 0 Å². The minimum atomic E-state index is -0.222. The van der Waals surface area contributed by atoms with Crippen molar-refractivity contribution in [1.29, 1.82) is 0 Å². The summed E-state index contributed by atoms with van der Waals surface area (Å²) in [5, 5.41) is 0. The van der Waals surface area contributed by atoms with Gasteiger partial charge >= 0.3 is 0 Å². The molecule has 0 aliphatic carbocycles. The van der Waals surface area contributed by atoms with Gasteiger partial charge in [0.05, 0.1) is 0 Å². The second kappa shape index (κ2) is 12.6. The second-order valence-corrected chi connectivity index (χ2v) is 3.45. The van der Waals surface area contributed by atoms with Crippen LogP contribution in [0.2, 0.25) is 0 Å². The summed E-state index contributed by atoms with van der Waals surface area (Å²) in [5.74, 6) is 1.12. The number of hydrogen-bond acceptors (Lipinski definition) is 0. The Kier molecular flexibility index (Phi) is 16.9. The first kappa shape index (κ1) is 13.5. The van der Waals surface area contributed by atoms with Crippen LogP contribution in [0, 0.1) is 0 Å². The summed E-state index contributed by atoms with van der Waals surface area (Å²) in [5.41, 5.74) is 0. The molecule has 0 aliphatic heterocycles. The van der Waals surface area contributed by atoms with Crippen LogP contribution in [0.1, 0.15) is 6.92 Å². The molecule has 0 nitrogen and oxygen atoms in total. The molecule has 0 atom stereocenters. The molecule has 0 bridgehead atoms. The molecule has 0 unspecified atom stereocenters. The predicted octanol–water partition coefficient (Wildman–Crippen LogP) is 3.83. The molecule has 0 N–H and O–H groups in total. The molecule has 10 heavy (non-hydrogen) atoms. The average molecular weight is 224 g/mol. The lowest BCUT2D eigenvalue weighted by molar-refractivity contribution is 1.39. The van der Waals surface area contributed by atoms with E-state index >= 15 is 0 Å². The van der Waals surface area contributed by atoms with E-state index in [4.69, 9.17) is 46.4 Å². The summed E-state index contributed by atoms with van der Waals surface area (Å²) in [4.78, 5) is -0.222. The summed E-state index contributed by atoms with van der Waals surface area (Å²) in [7, 11) is 0. The summed E-state index contributed by atoms with van der Waals surface area (Å²) >= 11 is 20.5. The van der Waals surface area contributed by atoms with Gasteiger partial charge in [-0.1, -0.05) is 12.2 Å². The molecular weight excluding hydrogens is 214 g/mol. The van der Waals surface area contributed by atoms with Gasteiger partial charge in [-0.25, -0.2) is 0 Å². The van der Waals surface area contributed by atoms with Crippen molar-refractivity contribution >= 4 is 46.4 Å². The zero-order valence-electron chi connectivity index (χ0n) is 5.66. The molecule has 0 saturated carbocycles. The van der Waals surface area contributed by atoms with Gasteiger partial charge in [-0.3, -0.25) is 0 Å². The maximum atomic E-state index is 5.23. The lowest BCUT2D eigenvalue weighted by Gasteiger charge is -1.72. The highest BCUT2D eigenvalue weighted by Crippen LogP contribution is 1.95. The Morgan fingerprint density at radius 3 is 1.40 bits per heavy atom. The van der Waals surface area contributed by atoms with Crippen LogP contribution >= 0.6 is 46.4 Å². The van der Waals surface area contributed by atoms with E-state index in [1.54, 1.807) is 6.92 Å². The van der Waals surface area contributed by atoms with Crippen molar-refractivity contribution in [2.24, 2.45) is 0 Å². The minimum absolute atomic E-state index is 0.222. The van der Waals surface area contributed by atoms with E-state index < -0.39 is 0 Å². The second-order valence-electron chi connectivity index (χ2n) is 1.30. The van der Waals surface area contributed by atoms with Gasteiger partial charge < -0.3 is 0 Å². The molecule has 0 amide bonds. The fourth-order valence-corrected chi connectivity index (χ4v) is 0.378. The molecule has 0 heterocycles. The fraction of sp³-hybridized carbons (Fsp3) is 0.667. The molecule has 0 saturated heterocycles. The summed E-state index contributed by atoms with van der Waals surface area (Å²) in [6.07, 6.45) is 3.63. The maximum absolute atomic E-state index is 5.23. The maximum Gasteiger partial charge on any atom is 0.105 e. The third kappa shape index (κ3) is 36.5. The van der Waals surface area contributed by atoms with Gasteiger partial charge in [-0.15, -0.1) is 46.4 Å². The molecule has 0 fully saturated rings. The first-order valence-electron chi connectivity index (χ1n) is 2.70. The van der Waals surface area contributed by atoms with Gasteiger partial charge in [-0.2, -0.15) is 0 Å². The molecular formula is C6H10Cl4. The van der Waals surface area contributed by atoms with Crippen molar-refractivity contribution in [2.45, 2.75) is 11.8 Å². The molecule has 4 heteroatoms. The van der Waals surface area contributed by atoms with Crippen LogP contribution in [0.3, 0.4) is 0 Å². The van der Waals surface area contributed by atoms with E-state index in [1.165, 1.54) is 0 Å². The number of allylic oxidation sites excluding steroid dienone is 2. The predicted molar refractivity (Wildman–Crippen MR) is 51.7 cm³/mol. The third-order valence-corrected chi connectivity index (χ3v) is 0.701. The Morgan fingerprint density at radius 1 is 1.10 bits per heavy atom. The van der Waals surface area contributed by atoms with Crippen molar-refractivity contribution < 1.29 is 0 Å². The van der Waals surface area contributed by atoms with Crippen LogP contribution in [0.5, 0.6) is 0 Å². The number of halogens is 4. The SMILES string of the molecule is CC(Cl)Cl.ClCC=CCCl. The largest absolute Gasteiger partial charge is 0.122 e. The number of hydrogen-bond donors (Lipinski definition) is 0. The van der Waals surface area contributed by atoms with Crippen LogP contribution in [0.15, 0.2) is 12.2 Å². The molecule has 0 aromatic rings. The van der Waals surface area contributed by atoms with Gasteiger partial charge in [0.2, 0.25) is 0 Å². The van der Waals surface area contributed by atoms with Gasteiger partial charge in [0.1, 0.15) is 4.84 Å². The highest BCUT2D eigenvalue weighted by Gasteiger charge is 1.75. The van der Waals surface area contributed by atoms with Gasteiger partial charge in [-0.05, 0) is 6.92 Å². The average Bonchev–Trinajstić information content (AvgIpc) is 1.82. The quantitative estimate of drug-likeness (QED) is 0.493. The first-order chi connectivity index (χ1) is 4.65. The van der Waals surface area contributed by atoms with Crippen molar-refractivity contribution in [3.8, 4) is 0 Å². The third-order valence-electron chi connectivity index (χ3n) is 0.345. The Hall–Kier alpha value is 0.900. The molecule has 62 valence electrons. The lowest BCUT2D eigenvalue weighted by atomic mass is 10.6. The normalized spacial score (nSPS) is 9.80. The van der Waals surface area contributed by atoms with E-state index in [1.807, 2.05) is 12.2 Å². The smallest absolute Gasteiger partial charge is 0.105 e. The topological polar surface area (TPSA) is 0 Å². The van der Waals surface area contributed by atoms with Crippen molar-refractivity contribution in [1.82, 2.24) is 0 Å². The highest BCUT2D eigenvalue weighted by molar-refractivity contribution is 6.43. The van der Waals surface area contributed by atoms with Gasteiger partial charge in [0.15, 0.2) is 0 Å². The summed E-state index contributed by atoms with van der Waals surface area (Å²) in [6.45, 7) is 1.70. The van der Waals surface area contributed by atoms with E-state index in [9.17, 15) is 0 Å². The Balaban J connectivity index is 0. The molecule has 0 aromatic carbocycles. The van der Waals surface area contributed by atoms with Crippen LogP contribution in [-0.2, 0) is 0 Å². The molecule has 0 spiro atoms. The highest BCUT2D eigenvalue weighted by atomic mass is 35.5. The van der Waals surface area contributed by atoms with Crippen LogP contribution in [0.25, 0.3) is 0 Å². The van der Waals surface area contributed by atoms with E-state index in [0.29, 0.717) is 11.8 Å². The van der Waals surface area contributed by atoms with E-state index in [-0.39, 0.29) is 4.84 Å². The number of alkyl halides is 4. The summed E-state index contributed by atoms with van der Waals surface area (Å²) in [6, 6.07) is 0. The lowest BCUT2D eigenvalue weighted by Crippen LogP contribution is -1.63. The number of rotatable bonds is 2. The van der Waals surface area contributed by atoms with Crippen molar-refractivity contribution in [2.75, 3.05) is 11.8 Å². The van der Waals surface area contributed by atoms with E-state index in [2.05, 4.69) is 0 Å². The monoisotopic (exact) mass is 222 g/mol. The van der Waals surface area contributed by atoms with Crippen LogP contribution in [-0.4, -0.2) is 16.6 Å². The first-order valence-corrected chi connectivity index (χ1v) is 4.64. The Bertz CT molecular complexity index is 61.4. The zero-order chi connectivity index (χ0) is 8.41. The van der Waals surface area contributed by atoms with Crippen LogP contribution in [0.4, 0.5) is 0 Å². The van der Waals surface area contributed by atoms with Crippen molar-refractivity contribution in [3.63, 3.8) is 0 Å². The minimum Gasteiger partial charge on any atom is -0.122 e. The molecule has 0 radical (unpaired) electrons. The van der Waals surface area contributed by atoms with Gasteiger partial charge in [0, 0.05) is 11.8 Å². The fourth-order valence-electron chi connectivity index (χ4n) is 0.126. The summed E-state index contributed by atoms with van der Waals surface area (Å²) < 4.78 is 0. The van der Waals surface area contributed by atoms with Crippen LogP contribution < -0.4 is 0 Å². The zero-order valence-corrected chi connectivity index (χ0v) is 8.68. The van der Waals surface area contributed by atoms with Gasteiger partial charge in [0.25, 0.3) is 0 Å². The van der Waals surface area contributed by atoms with Crippen molar-refractivity contribution in [3.05, 3.63) is 12.2 Å². The molecule has 0 aromatic heterocycles. The standard InChI is InChI=1S/C4H6Cl2.C2H4Cl2/c5-3-1-2-4-6;1-2(3)4/h1-2H,3-4H2;2H,1H3.